The summed E-state index contributed by atoms with van der Waals surface area (Å²) in [5.74, 6) is 0. The molecule has 0 spiro atoms. The molecule has 0 saturated heterocycles. The molecule has 0 aromatic rings. The molecule has 3 heteroatoms. The molecule has 0 atom stereocenters. The predicted octanol–water partition coefficient (Wildman–Crippen LogP) is 1.02. The summed E-state index contributed by atoms with van der Waals surface area (Å²) in [6, 6.07) is 0.500. The number of azo groups is 1. The molecule has 0 aliphatic carbocycles. The van der Waals surface area contributed by atoms with Crippen LogP contribution in [0.2, 0.25) is 0 Å². The third kappa shape index (κ3) is 5.56. The van der Waals surface area contributed by atoms with Gasteiger partial charge in [-0.3, -0.25) is 5.32 Å². The Balaban J connectivity index is 2.93. The molecule has 48 valence electrons. The average molecular weight is 115 g/mol. The highest BCUT2D eigenvalue weighted by molar-refractivity contribution is 4.47. The van der Waals surface area contributed by atoms with E-state index < -0.39 is 0 Å². The van der Waals surface area contributed by atoms with Crippen LogP contribution in [0.3, 0.4) is 0 Å². The van der Waals surface area contributed by atoms with Gasteiger partial charge in [-0.2, -0.15) is 10.2 Å². The summed E-state index contributed by atoms with van der Waals surface area (Å²) in [5, 5.41) is 10.4. The van der Waals surface area contributed by atoms with Gasteiger partial charge in [0.1, 0.15) is 6.67 Å². The van der Waals surface area contributed by atoms with E-state index in [4.69, 9.17) is 0 Å². The first-order chi connectivity index (χ1) is 3.77. The van der Waals surface area contributed by atoms with Crippen molar-refractivity contribution in [3.8, 4) is 0 Å². The van der Waals surface area contributed by atoms with Crippen molar-refractivity contribution in [2.24, 2.45) is 10.2 Å². The van der Waals surface area contributed by atoms with E-state index in [1.54, 1.807) is 7.05 Å². The van der Waals surface area contributed by atoms with Gasteiger partial charge >= 0.3 is 0 Å². The Morgan fingerprint density at radius 3 is 2.50 bits per heavy atom. The van der Waals surface area contributed by atoms with Crippen LogP contribution in [0, 0.1) is 0 Å². The molecule has 0 aromatic heterocycles. The molecule has 0 heterocycles. The zero-order chi connectivity index (χ0) is 6.41. The van der Waals surface area contributed by atoms with Crippen molar-refractivity contribution in [1.82, 2.24) is 5.32 Å². The standard InChI is InChI=1S/C5H13N3/c1-5(2)7-4-8-6-3/h5,7H,4H2,1-3H3. The van der Waals surface area contributed by atoms with Gasteiger partial charge < -0.3 is 0 Å². The van der Waals surface area contributed by atoms with Gasteiger partial charge in [-0.15, -0.1) is 0 Å². The lowest BCUT2D eigenvalue weighted by Gasteiger charge is -2.01. The monoisotopic (exact) mass is 115 g/mol. The molecule has 0 radical (unpaired) electrons. The van der Waals surface area contributed by atoms with Crippen LogP contribution in [-0.2, 0) is 0 Å². The molecule has 0 fully saturated rings. The highest BCUT2D eigenvalue weighted by atomic mass is 15.2. The Labute approximate surface area is 50.2 Å². The predicted molar refractivity (Wildman–Crippen MR) is 33.9 cm³/mol. The number of hydrogen-bond donors (Lipinski definition) is 1. The van der Waals surface area contributed by atoms with E-state index >= 15 is 0 Å². The van der Waals surface area contributed by atoms with Crippen LogP contribution in [0.15, 0.2) is 10.2 Å². The Bertz CT molecular complexity index is 68.1. The number of rotatable bonds is 3. The normalized spacial score (nSPS) is 11.5. The van der Waals surface area contributed by atoms with Gasteiger partial charge in [0.2, 0.25) is 0 Å². The highest BCUT2D eigenvalue weighted by Gasteiger charge is 1.85. The molecule has 0 bridgehead atoms. The van der Waals surface area contributed by atoms with E-state index in [0.717, 1.165) is 0 Å². The number of hydrogen-bond acceptors (Lipinski definition) is 3. The van der Waals surface area contributed by atoms with Gasteiger partial charge in [-0.1, -0.05) is 0 Å². The van der Waals surface area contributed by atoms with Crippen molar-refractivity contribution in [3.63, 3.8) is 0 Å². The number of nitrogens with zero attached hydrogens (tertiary/aromatic N) is 2. The molecule has 0 rings (SSSR count). The summed E-state index contributed by atoms with van der Waals surface area (Å²) in [7, 11) is 1.67. The Hall–Kier alpha value is -0.440. The van der Waals surface area contributed by atoms with Crippen molar-refractivity contribution < 1.29 is 0 Å². The van der Waals surface area contributed by atoms with E-state index in [1.807, 2.05) is 0 Å². The van der Waals surface area contributed by atoms with E-state index in [-0.39, 0.29) is 0 Å². The topological polar surface area (TPSA) is 36.8 Å². The van der Waals surface area contributed by atoms with E-state index in [9.17, 15) is 0 Å². The van der Waals surface area contributed by atoms with E-state index in [0.29, 0.717) is 12.7 Å². The summed E-state index contributed by atoms with van der Waals surface area (Å²) in [5.41, 5.74) is 0. The van der Waals surface area contributed by atoms with Crippen molar-refractivity contribution in [2.75, 3.05) is 13.7 Å². The highest BCUT2D eigenvalue weighted by Crippen LogP contribution is 1.74. The molecule has 3 nitrogen and oxygen atoms in total. The maximum atomic E-state index is 3.73. The Morgan fingerprint density at radius 2 is 2.12 bits per heavy atom. The van der Waals surface area contributed by atoms with Crippen molar-refractivity contribution in [3.05, 3.63) is 0 Å². The lowest BCUT2D eigenvalue weighted by molar-refractivity contribution is 0.590. The van der Waals surface area contributed by atoms with Crippen molar-refractivity contribution >= 4 is 0 Å². The van der Waals surface area contributed by atoms with Gasteiger partial charge in [0, 0.05) is 13.1 Å². The fourth-order valence-electron chi connectivity index (χ4n) is 0.294. The second-order valence-electron chi connectivity index (χ2n) is 1.86. The molecule has 0 aliphatic rings. The van der Waals surface area contributed by atoms with Crippen LogP contribution in [0.5, 0.6) is 0 Å². The smallest absolute Gasteiger partial charge is 0.110 e. The SMILES string of the molecule is CN=NCNC(C)C. The molecule has 0 unspecified atom stereocenters. The minimum atomic E-state index is 0.500. The van der Waals surface area contributed by atoms with Crippen LogP contribution < -0.4 is 5.32 Å². The summed E-state index contributed by atoms with van der Waals surface area (Å²) in [6.45, 7) is 4.78. The maximum Gasteiger partial charge on any atom is 0.110 e. The second kappa shape index (κ2) is 4.71. The summed E-state index contributed by atoms with van der Waals surface area (Å²) in [4.78, 5) is 0. The number of nitrogens with one attached hydrogen (secondary N) is 1. The zero-order valence-electron chi connectivity index (χ0n) is 5.68. The van der Waals surface area contributed by atoms with Crippen molar-refractivity contribution in [2.45, 2.75) is 19.9 Å². The van der Waals surface area contributed by atoms with Gasteiger partial charge in [0.05, 0.1) is 0 Å². The lowest BCUT2D eigenvalue weighted by atomic mass is 10.4. The largest absolute Gasteiger partial charge is 0.295 e. The molecule has 0 saturated carbocycles. The summed E-state index contributed by atoms with van der Waals surface area (Å²) in [6.07, 6.45) is 0. The van der Waals surface area contributed by atoms with Crippen LogP contribution in [0.1, 0.15) is 13.8 Å². The Kier molecular flexibility index (Phi) is 4.45. The average Bonchev–Trinajstić information content (AvgIpc) is 1.66. The van der Waals surface area contributed by atoms with E-state index in [2.05, 4.69) is 29.4 Å². The molecular weight excluding hydrogens is 102 g/mol. The van der Waals surface area contributed by atoms with Gasteiger partial charge in [-0.05, 0) is 13.8 Å². The van der Waals surface area contributed by atoms with Gasteiger partial charge in [0.15, 0.2) is 0 Å². The molecule has 8 heavy (non-hydrogen) atoms. The van der Waals surface area contributed by atoms with Crippen molar-refractivity contribution in [1.29, 1.82) is 0 Å². The summed E-state index contributed by atoms with van der Waals surface area (Å²) >= 11 is 0. The second-order valence-corrected chi connectivity index (χ2v) is 1.86. The molecule has 0 aromatic carbocycles. The first-order valence-electron chi connectivity index (χ1n) is 2.76. The fraction of sp³-hybridized carbons (Fsp3) is 1.00. The Morgan fingerprint density at radius 1 is 1.50 bits per heavy atom. The minimum absolute atomic E-state index is 0.500. The van der Waals surface area contributed by atoms with Gasteiger partial charge in [0.25, 0.3) is 0 Å². The van der Waals surface area contributed by atoms with Gasteiger partial charge in [-0.25, -0.2) is 0 Å². The lowest BCUT2D eigenvalue weighted by Crippen LogP contribution is -2.22. The van der Waals surface area contributed by atoms with Crippen LogP contribution in [0.25, 0.3) is 0 Å². The third-order valence-electron chi connectivity index (χ3n) is 0.712. The fourth-order valence-corrected chi connectivity index (χ4v) is 0.294. The van der Waals surface area contributed by atoms with E-state index in [1.165, 1.54) is 0 Å². The molecule has 0 amide bonds. The first kappa shape index (κ1) is 7.56. The molecule has 1 N–H and O–H groups in total. The van der Waals surface area contributed by atoms with Crippen LogP contribution in [-0.4, -0.2) is 19.8 Å². The zero-order valence-corrected chi connectivity index (χ0v) is 5.68. The van der Waals surface area contributed by atoms with Crippen LogP contribution >= 0.6 is 0 Å². The minimum Gasteiger partial charge on any atom is -0.295 e. The molecular formula is C5H13N3. The van der Waals surface area contributed by atoms with Crippen LogP contribution in [0.4, 0.5) is 0 Å². The molecule has 0 aliphatic heterocycles. The quantitative estimate of drug-likeness (QED) is 0.548. The first-order valence-corrected chi connectivity index (χ1v) is 2.76. The summed E-state index contributed by atoms with van der Waals surface area (Å²) < 4.78 is 0. The maximum absolute atomic E-state index is 3.73. The third-order valence-corrected chi connectivity index (χ3v) is 0.712.